The number of hydrogen-bond donors (Lipinski definition) is 1. The maximum atomic E-state index is 12.2. The van der Waals surface area contributed by atoms with Gasteiger partial charge in [0.2, 0.25) is 0 Å². The molecule has 0 aliphatic rings. The highest BCUT2D eigenvalue weighted by Crippen LogP contribution is 2.21. The van der Waals surface area contributed by atoms with E-state index in [1.807, 2.05) is 13.8 Å². The molecule has 2 heterocycles. The van der Waals surface area contributed by atoms with Crippen LogP contribution in [0.1, 0.15) is 30.2 Å². The number of rotatable bonds is 4. The fourth-order valence-electron chi connectivity index (χ4n) is 1.70. The second-order valence-electron chi connectivity index (χ2n) is 4.50. The molecule has 0 aliphatic carbocycles. The van der Waals surface area contributed by atoms with Crippen LogP contribution in [0.5, 0.6) is 0 Å². The molecule has 1 N–H and O–H groups in total. The summed E-state index contributed by atoms with van der Waals surface area (Å²) < 4.78 is 1.61. The van der Waals surface area contributed by atoms with Gasteiger partial charge in [-0.05, 0) is 13.8 Å². The fraction of sp³-hybridized carbons (Fsp3) is 0.250. The van der Waals surface area contributed by atoms with Crippen LogP contribution in [0.25, 0.3) is 0 Å². The number of pyridine rings is 1. The molecule has 0 aliphatic heterocycles. The molecule has 110 valence electrons. The van der Waals surface area contributed by atoms with Gasteiger partial charge in [-0.1, -0.05) is 11.6 Å². The van der Waals surface area contributed by atoms with Crippen molar-refractivity contribution in [2.24, 2.45) is 0 Å². The third-order valence-electron chi connectivity index (χ3n) is 2.68. The van der Waals surface area contributed by atoms with Crippen LogP contribution in [0.15, 0.2) is 24.5 Å². The van der Waals surface area contributed by atoms with Crippen LogP contribution in [0.4, 0.5) is 11.5 Å². The van der Waals surface area contributed by atoms with E-state index in [0.29, 0.717) is 5.82 Å². The predicted octanol–water partition coefficient (Wildman–Crippen LogP) is 2.67. The minimum Gasteiger partial charge on any atom is -0.307 e. The van der Waals surface area contributed by atoms with Gasteiger partial charge in [0.1, 0.15) is 17.2 Å². The zero-order chi connectivity index (χ0) is 15.6. The van der Waals surface area contributed by atoms with Crippen LogP contribution in [0, 0.1) is 10.1 Å². The number of carbonyl (C=O) groups excluding carboxylic acids is 1. The smallest absolute Gasteiger partial charge is 0.288 e. The molecule has 0 aromatic carbocycles. The summed E-state index contributed by atoms with van der Waals surface area (Å²) in [5.74, 6) is -0.115. The number of nitrogens with one attached hydrogen (secondary N) is 1. The quantitative estimate of drug-likeness (QED) is 0.531. The summed E-state index contributed by atoms with van der Waals surface area (Å²) in [6, 6.07) is 2.76. The van der Waals surface area contributed by atoms with Gasteiger partial charge in [0.05, 0.1) is 16.7 Å². The Labute approximate surface area is 124 Å². The molecule has 0 bridgehead atoms. The zero-order valence-corrected chi connectivity index (χ0v) is 12.0. The van der Waals surface area contributed by atoms with E-state index in [-0.39, 0.29) is 22.4 Å². The topological polar surface area (TPSA) is 103 Å². The first-order valence-corrected chi connectivity index (χ1v) is 6.42. The van der Waals surface area contributed by atoms with Gasteiger partial charge in [-0.15, -0.1) is 0 Å². The summed E-state index contributed by atoms with van der Waals surface area (Å²) in [5, 5.41) is 17.3. The molecule has 0 atom stereocenters. The van der Waals surface area contributed by atoms with Gasteiger partial charge in [-0.3, -0.25) is 14.9 Å². The molecule has 9 heteroatoms. The van der Waals surface area contributed by atoms with Gasteiger partial charge >= 0.3 is 0 Å². The van der Waals surface area contributed by atoms with Gasteiger partial charge in [-0.25, -0.2) is 9.67 Å². The average molecular weight is 310 g/mol. The molecule has 2 aromatic heterocycles. The highest BCUT2D eigenvalue weighted by Gasteiger charge is 2.18. The van der Waals surface area contributed by atoms with Crippen LogP contribution in [-0.2, 0) is 0 Å². The van der Waals surface area contributed by atoms with Crippen molar-refractivity contribution in [1.82, 2.24) is 14.8 Å². The fourth-order valence-corrected chi connectivity index (χ4v) is 1.89. The van der Waals surface area contributed by atoms with Gasteiger partial charge in [-0.2, -0.15) is 5.10 Å². The minimum atomic E-state index is -0.640. The standard InChI is InChI=1S/C12H12ClN5O3/c1-7(2)17-10(3-4-15-17)16-12(19)9-5-8(18(20)21)6-14-11(9)13/h3-7H,1-2H3,(H,16,19). The average Bonchev–Trinajstić information content (AvgIpc) is 2.87. The van der Waals surface area contributed by atoms with E-state index in [2.05, 4.69) is 15.4 Å². The molecule has 21 heavy (non-hydrogen) atoms. The molecule has 0 unspecified atom stereocenters. The van der Waals surface area contributed by atoms with Crippen LogP contribution in [0.3, 0.4) is 0 Å². The second kappa shape index (κ2) is 5.88. The van der Waals surface area contributed by atoms with Crippen molar-refractivity contribution >= 4 is 29.0 Å². The van der Waals surface area contributed by atoms with Crippen molar-refractivity contribution in [2.45, 2.75) is 19.9 Å². The number of nitrogens with zero attached hydrogens (tertiary/aromatic N) is 4. The first-order chi connectivity index (χ1) is 9.90. The Bertz CT molecular complexity index is 698. The molecular weight excluding hydrogens is 298 g/mol. The van der Waals surface area contributed by atoms with Gasteiger partial charge in [0, 0.05) is 18.2 Å². The predicted molar refractivity (Wildman–Crippen MR) is 76.5 cm³/mol. The Morgan fingerprint density at radius 3 is 2.86 bits per heavy atom. The van der Waals surface area contributed by atoms with Crippen molar-refractivity contribution in [3.8, 4) is 0 Å². The zero-order valence-electron chi connectivity index (χ0n) is 11.3. The number of carbonyl (C=O) groups is 1. The maximum Gasteiger partial charge on any atom is 0.288 e. The van der Waals surface area contributed by atoms with Gasteiger partial charge < -0.3 is 5.32 Å². The SMILES string of the molecule is CC(C)n1nccc1NC(=O)c1cc([N+](=O)[O-])cnc1Cl. The van der Waals surface area contributed by atoms with Crippen LogP contribution in [0.2, 0.25) is 5.15 Å². The largest absolute Gasteiger partial charge is 0.307 e. The Kier molecular flexibility index (Phi) is 4.18. The van der Waals surface area contributed by atoms with E-state index in [1.165, 1.54) is 0 Å². The number of hydrogen-bond acceptors (Lipinski definition) is 5. The molecular formula is C12H12ClN5O3. The summed E-state index contributed by atoms with van der Waals surface area (Å²) >= 11 is 5.82. The van der Waals surface area contributed by atoms with Crippen LogP contribution >= 0.6 is 11.6 Å². The summed E-state index contributed by atoms with van der Waals surface area (Å²) in [5.41, 5.74) is -0.371. The van der Waals surface area contributed by atoms with Crippen molar-refractivity contribution in [3.05, 3.63) is 45.4 Å². The normalized spacial score (nSPS) is 10.7. The van der Waals surface area contributed by atoms with E-state index in [1.54, 1.807) is 16.9 Å². The lowest BCUT2D eigenvalue weighted by Gasteiger charge is -2.12. The van der Waals surface area contributed by atoms with Crippen molar-refractivity contribution < 1.29 is 9.72 Å². The van der Waals surface area contributed by atoms with Crippen molar-refractivity contribution in [2.75, 3.05) is 5.32 Å². The van der Waals surface area contributed by atoms with E-state index in [0.717, 1.165) is 12.3 Å². The Hall–Kier alpha value is -2.48. The highest BCUT2D eigenvalue weighted by molar-refractivity contribution is 6.33. The molecule has 0 spiro atoms. The van der Waals surface area contributed by atoms with Crippen LogP contribution in [-0.4, -0.2) is 25.6 Å². The summed E-state index contributed by atoms with van der Waals surface area (Å²) in [6.45, 7) is 3.81. The second-order valence-corrected chi connectivity index (χ2v) is 4.86. The molecule has 1 amide bonds. The number of anilines is 1. The molecule has 0 radical (unpaired) electrons. The monoisotopic (exact) mass is 309 g/mol. The summed E-state index contributed by atoms with van der Waals surface area (Å²) in [7, 11) is 0. The summed E-state index contributed by atoms with van der Waals surface area (Å²) in [6.07, 6.45) is 2.54. The van der Waals surface area contributed by atoms with E-state index in [9.17, 15) is 14.9 Å². The Morgan fingerprint density at radius 1 is 1.52 bits per heavy atom. The van der Waals surface area contributed by atoms with E-state index >= 15 is 0 Å². The van der Waals surface area contributed by atoms with Crippen molar-refractivity contribution in [1.29, 1.82) is 0 Å². The lowest BCUT2D eigenvalue weighted by Crippen LogP contribution is -2.17. The third kappa shape index (κ3) is 3.16. The number of nitro groups is 1. The van der Waals surface area contributed by atoms with Crippen LogP contribution < -0.4 is 5.32 Å². The Balaban J connectivity index is 2.30. The number of halogens is 1. The molecule has 0 fully saturated rings. The molecule has 2 aromatic rings. The summed E-state index contributed by atoms with van der Waals surface area (Å²) in [4.78, 5) is 25.9. The number of amides is 1. The lowest BCUT2D eigenvalue weighted by molar-refractivity contribution is -0.385. The first-order valence-electron chi connectivity index (χ1n) is 6.05. The minimum absolute atomic E-state index is 0.0500. The Morgan fingerprint density at radius 2 is 2.24 bits per heavy atom. The molecule has 0 saturated heterocycles. The molecule has 2 rings (SSSR count). The van der Waals surface area contributed by atoms with Gasteiger partial charge in [0.15, 0.2) is 0 Å². The first kappa shape index (κ1) is 14.9. The van der Waals surface area contributed by atoms with Crippen molar-refractivity contribution in [3.63, 3.8) is 0 Å². The van der Waals surface area contributed by atoms with E-state index in [4.69, 9.17) is 11.6 Å². The third-order valence-corrected chi connectivity index (χ3v) is 2.98. The number of aromatic nitrogens is 3. The maximum absolute atomic E-state index is 12.2. The van der Waals surface area contributed by atoms with E-state index < -0.39 is 10.8 Å². The molecule has 8 nitrogen and oxygen atoms in total. The molecule has 0 saturated carbocycles. The van der Waals surface area contributed by atoms with Gasteiger partial charge in [0.25, 0.3) is 11.6 Å². The lowest BCUT2D eigenvalue weighted by atomic mass is 10.2. The highest BCUT2D eigenvalue weighted by atomic mass is 35.5.